The minimum absolute atomic E-state index is 0.270. The number of hydrogen-bond donors (Lipinski definition) is 2. The first-order valence-electron chi connectivity index (χ1n) is 7.48. The summed E-state index contributed by atoms with van der Waals surface area (Å²) < 4.78 is 4.90. The van der Waals surface area contributed by atoms with Crippen LogP contribution in [-0.2, 0) is 4.74 Å². The van der Waals surface area contributed by atoms with Crippen molar-refractivity contribution in [3.63, 3.8) is 0 Å². The van der Waals surface area contributed by atoms with Crippen molar-refractivity contribution in [3.8, 4) is 0 Å². The van der Waals surface area contributed by atoms with Gasteiger partial charge in [0.25, 0.3) is 5.91 Å². The Kier molecular flexibility index (Phi) is 4.93. The molecule has 0 radical (unpaired) electrons. The van der Waals surface area contributed by atoms with Crippen LogP contribution in [0.15, 0.2) is 48.9 Å². The normalized spacial score (nSPS) is 10.5. The molecule has 0 atom stereocenters. The van der Waals surface area contributed by atoms with E-state index in [2.05, 4.69) is 25.6 Å². The number of amides is 1. The lowest BCUT2D eigenvalue weighted by molar-refractivity contribution is 0.0932. The molecule has 3 rings (SSSR count). The quantitative estimate of drug-likeness (QED) is 0.676. The number of ether oxygens (including phenoxy) is 1. The van der Waals surface area contributed by atoms with Crippen LogP contribution in [0.4, 0.5) is 11.5 Å². The monoisotopic (exact) mass is 323 g/mol. The summed E-state index contributed by atoms with van der Waals surface area (Å²) in [7, 11) is 1.58. The number of pyridine rings is 1. The molecule has 24 heavy (non-hydrogen) atoms. The fourth-order valence-electron chi connectivity index (χ4n) is 2.25. The highest BCUT2D eigenvalue weighted by Gasteiger charge is 2.09. The number of anilines is 2. The molecule has 0 fully saturated rings. The minimum atomic E-state index is -0.270. The molecular weight excluding hydrogens is 306 g/mol. The number of fused-ring (bicyclic) bond motifs is 1. The molecule has 122 valence electrons. The van der Waals surface area contributed by atoms with Crippen LogP contribution in [0, 0.1) is 0 Å². The Bertz CT molecular complexity index is 848. The zero-order valence-electron chi connectivity index (χ0n) is 13.2. The molecule has 0 saturated carbocycles. The third kappa shape index (κ3) is 3.64. The first-order chi connectivity index (χ1) is 11.8. The third-order valence-corrected chi connectivity index (χ3v) is 3.39. The van der Waals surface area contributed by atoms with E-state index in [1.165, 1.54) is 6.33 Å². The van der Waals surface area contributed by atoms with Crippen molar-refractivity contribution in [2.24, 2.45) is 0 Å². The summed E-state index contributed by atoms with van der Waals surface area (Å²) in [6, 6.07) is 11.3. The topological polar surface area (TPSA) is 89.0 Å². The summed E-state index contributed by atoms with van der Waals surface area (Å²) in [4.78, 5) is 24.6. The van der Waals surface area contributed by atoms with Crippen molar-refractivity contribution in [1.29, 1.82) is 0 Å². The maximum Gasteiger partial charge on any atom is 0.270 e. The molecule has 0 aliphatic heterocycles. The lowest BCUT2D eigenvalue weighted by atomic mass is 10.2. The van der Waals surface area contributed by atoms with Gasteiger partial charge in [0, 0.05) is 31.3 Å². The van der Waals surface area contributed by atoms with Crippen LogP contribution in [0.2, 0.25) is 0 Å². The fraction of sp³-hybridized carbons (Fsp3) is 0.176. The number of carbonyl (C=O) groups is 1. The second-order valence-electron chi connectivity index (χ2n) is 5.04. The molecule has 7 heteroatoms. The van der Waals surface area contributed by atoms with E-state index in [9.17, 15) is 4.79 Å². The van der Waals surface area contributed by atoms with Crippen molar-refractivity contribution >= 4 is 28.3 Å². The van der Waals surface area contributed by atoms with Crippen LogP contribution >= 0.6 is 0 Å². The molecule has 0 saturated heterocycles. The molecule has 0 bridgehead atoms. The summed E-state index contributed by atoms with van der Waals surface area (Å²) in [5, 5.41) is 6.94. The standard InChI is InChI=1S/C17H17N5O2/c1-24-9-8-19-17(23)14-10-15(21-11-20-14)22-13-6-2-4-12-5-3-7-18-16(12)13/h2-7,10-11H,8-9H2,1H3,(H,19,23)(H,20,21,22). The zero-order chi connectivity index (χ0) is 16.8. The molecule has 2 heterocycles. The SMILES string of the molecule is COCCNC(=O)c1cc(Nc2cccc3cccnc23)ncn1. The van der Waals surface area contributed by atoms with E-state index in [0.29, 0.717) is 19.0 Å². The van der Waals surface area contributed by atoms with Crippen molar-refractivity contribution in [2.75, 3.05) is 25.6 Å². The summed E-state index contributed by atoms with van der Waals surface area (Å²) in [6.45, 7) is 0.874. The molecule has 0 unspecified atom stereocenters. The van der Waals surface area contributed by atoms with Gasteiger partial charge in [-0.2, -0.15) is 0 Å². The van der Waals surface area contributed by atoms with Gasteiger partial charge in [0.2, 0.25) is 0 Å². The van der Waals surface area contributed by atoms with Crippen LogP contribution in [0.1, 0.15) is 10.5 Å². The van der Waals surface area contributed by atoms with E-state index in [4.69, 9.17) is 4.74 Å². The number of methoxy groups -OCH3 is 1. The molecular formula is C17H17N5O2. The molecule has 0 aliphatic carbocycles. The van der Waals surface area contributed by atoms with Crippen molar-refractivity contribution in [1.82, 2.24) is 20.3 Å². The van der Waals surface area contributed by atoms with Gasteiger partial charge in [-0.15, -0.1) is 0 Å². The number of aromatic nitrogens is 3. The lowest BCUT2D eigenvalue weighted by Crippen LogP contribution is -2.27. The molecule has 0 aliphatic rings. The highest BCUT2D eigenvalue weighted by atomic mass is 16.5. The second-order valence-corrected chi connectivity index (χ2v) is 5.04. The Morgan fingerprint density at radius 1 is 1.17 bits per heavy atom. The highest BCUT2D eigenvalue weighted by molar-refractivity contribution is 5.94. The molecule has 3 aromatic rings. The summed E-state index contributed by atoms with van der Waals surface area (Å²) in [6.07, 6.45) is 3.09. The fourth-order valence-corrected chi connectivity index (χ4v) is 2.25. The van der Waals surface area contributed by atoms with Crippen molar-refractivity contribution < 1.29 is 9.53 Å². The Labute approximate surface area is 139 Å². The van der Waals surface area contributed by atoms with Gasteiger partial charge < -0.3 is 15.4 Å². The first-order valence-corrected chi connectivity index (χ1v) is 7.48. The van der Waals surface area contributed by atoms with Gasteiger partial charge in [0.15, 0.2) is 0 Å². The maximum absolute atomic E-state index is 12.0. The number of para-hydroxylation sites is 1. The van der Waals surface area contributed by atoms with Crippen LogP contribution in [0.25, 0.3) is 10.9 Å². The Morgan fingerprint density at radius 3 is 2.92 bits per heavy atom. The summed E-state index contributed by atoms with van der Waals surface area (Å²) in [5.74, 6) is 0.258. The molecule has 1 amide bonds. The van der Waals surface area contributed by atoms with Gasteiger partial charge in [-0.1, -0.05) is 18.2 Å². The van der Waals surface area contributed by atoms with Gasteiger partial charge in [-0.25, -0.2) is 9.97 Å². The van der Waals surface area contributed by atoms with Crippen LogP contribution in [0.3, 0.4) is 0 Å². The van der Waals surface area contributed by atoms with E-state index in [1.54, 1.807) is 19.4 Å². The summed E-state index contributed by atoms with van der Waals surface area (Å²) in [5.41, 5.74) is 1.94. The average Bonchev–Trinajstić information content (AvgIpc) is 2.62. The van der Waals surface area contributed by atoms with Gasteiger partial charge in [0.1, 0.15) is 17.8 Å². The van der Waals surface area contributed by atoms with E-state index >= 15 is 0 Å². The highest BCUT2D eigenvalue weighted by Crippen LogP contribution is 2.23. The molecule has 7 nitrogen and oxygen atoms in total. The Morgan fingerprint density at radius 2 is 2.04 bits per heavy atom. The lowest BCUT2D eigenvalue weighted by Gasteiger charge is -2.09. The third-order valence-electron chi connectivity index (χ3n) is 3.39. The van der Waals surface area contributed by atoms with E-state index in [1.807, 2.05) is 30.3 Å². The zero-order valence-corrected chi connectivity index (χ0v) is 13.2. The van der Waals surface area contributed by atoms with Gasteiger partial charge >= 0.3 is 0 Å². The molecule has 2 N–H and O–H groups in total. The van der Waals surface area contributed by atoms with Crippen LogP contribution in [0.5, 0.6) is 0 Å². The maximum atomic E-state index is 12.0. The number of benzene rings is 1. The smallest absolute Gasteiger partial charge is 0.270 e. The first kappa shape index (κ1) is 15.8. The molecule has 0 spiro atoms. The number of nitrogens with zero attached hydrogens (tertiary/aromatic N) is 3. The number of carbonyl (C=O) groups excluding carboxylic acids is 1. The van der Waals surface area contributed by atoms with E-state index < -0.39 is 0 Å². The van der Waals surface area contributed by atoms with Gasteiger partial charge in [-0.05, 0) is 12.1 Å². The van der Waals surface area contributed by atoms with Crippen molar-refractivity contribution in [2.45, 2.75) is 0 Å². The number of nitrogens with one attached hydrogen (secondary N) is 2. The predicted molar refractivity (Wildman–Crippen MR) is 91.3 cm³/mol. The number of hydrogen-bond acceptors (Lipinski definition) is 6. The Balaban J connectivity index is 1.80. The second kappa shape index (κ2) is 7.47. The average molecular weight is 323 g/mol. The van der Waals surface area contributed by atoms with Gasteiger partial charge in [-0.3, -0.25) is 9.78 Å². The van der Waals surface area contributed by atoms with Gasteiger partial charge in [0.05, 0.1) is 17.8 Å². The van der Waals surface area contributed by atoms with E-state index in [-0.39, 0.29) is 11.6 Å². The van der Waals surface area contributed by atoms with E-state index in [0.717, 1.165) is 16.6 Å². The largest absolute Gasteiger partial charge is 0.383 e. The Hall–Kier alpha value is -3.06. The molecule has 2 aromatic heterocycles. The molecule has 1 aromatic carbocycles. The summed E-state index contributed by atoms with van der Waals surface area (Å²) >= 11 is 0. The number of rotatable bonds is 6. The van der Waals surface area contributed by atoms with Crippen LogP contribution < -0.4 is 10.6 Å². The van der Waals surface area contributed by atoms with Crippen LogP contribution in [-0.4, -0.2) is 41.1 Å². The van der Waals surface area contributed by atoms with Crippen molar-refractivity contribution in [3.05, 3.63) is 54.6 Å². The minimum Gasteiger partial charge on any atom is -0.383 e. The predicted octanol–water partition coefficient (Wildman–Crippen LogP) is 2.14.